The molecule has 0 aromatic rings. The molecule has 0 bridgehead atoms. The molecule has 0 unspecified atom stereocenters. The SMILES string of the molecule is C=C(C)[C@@H]1CC[C@]2(C(=O)NCCCCCCCCCC(=O)N[C@@H](CCC(N)=O)C(=O)OC)CC[C@]3(C)[C@H](CC[C@@H]4[C@@]5(C)CC[C@H](OC(=O)CC(C)(C)C(=O)O)C(C)(C)[C@@H]5CC[C@]43C)[C@@H]12. The van der Waals surface area contributed by atoms with Crippen molar-refractivity contribution in [3.63, 3.8) is 0 Å². The molecule has 0 spiro atoms. The molecule has 0 heterocycles. The Morgan fingerprint density at radius 2 is 1.45 bits per heavy atom. The average molecular weight is 896 g/mol. The van der Waals surface area contributed by atoms with E-state index in [1.165, 1.54) is 12.7 Å². The normalized spacial score (nSPS) is 34.4. The number of amides is 3. The van der Waals surface area contributed by atoms with Crippen molar-refractivity contribution in [2.45, 2.75) is 202 Å². The number of rotatable bonds is 21. The van der Waals surface area contributed by atoms with Crippen LogP contribution in [0.1, 0.15) is 190 Å². The molecule has 12 nitrogen and oxygen atoms in total. The van der Waals surface area contributed by atoms with E-state index < -0.39 is 35.3 Å². The lowest BCUT2D eigenvalue weighted by Gasteiger charge is -2.72. The Balaban J connectivity index is 1.14. The number of carboxylic acid groups (broad SMARTS) is 1. The lowest BCUT2D eigenvalue weighted by Crippen LogP contribution is -2.67. The highest BCUT2D eigenvalue weighted by Gasteiger charge is 2.72. The predicted molar refractivity (Wildman–Crippen MR) is 247 cm³/mol. The van der Waals surface area contributed by atoms with E-state index in [2.05, 4.69) is 58.8 Å². The number of esters is 2. The molecule has 0 aliphatic heterocycles. The third-order valence-electron chi connectivity index (χ3n) is 18.8. The van der Waals surface area contributed by atoms with E-state index in [1.807, 2.05) is 0 Å². The summed E-state index contributed by atoms with van der Waals surface area (Å²) in [5, 5.41) is 15.8. The van der Waals surface area contributed by atoms with Crippen molar-refractivity contribution in [1.82, 2.24) is 10.6 Å². The number of nitrogens with two attached hydrogens (primary N) is 1. The van der Waals surface area contributed by atoms with Gasteiger partial charge in [0.2, 0.25) is 17.7 Å². The van der Waals surface area contributed by atoms with E-state index in [4.69, 9.17) is 15.2 Å². The Bertz CT molecular complexity index is 1760. The van der Waals surface area contributed by atoms with Crippen molar-refractivity contribution >= 4 is 35.6 Å². The van der Waals surface area contributed by atoms with Gasteiger partial charge in [0.25, 0.3) is 0 Å². The monoisotopic (exact) mass is 896 g/mol. The number of ether oxygens (including phenoxy) is 2. The van der Waals surface area contributed by atoms with Crippen molar-refractivity contribution in [3.05, 3.63) is 12.2 Å². The van der Waals surface area contributed by atoms with Gasteiger partial charge < -0.3 is 30.9 Å². The molecule has 5 rings (SSSR count). The minimum atomic E-state index is -1.17. The second-order valence-electron chi connectivity index (χ2n) is 23.2. The van der Waals surface area contributed by atoms with Gasteiger partial charge in [-0.1, -0.05) is 78.9 Å². The fourth-order valence-electron chi connectivity index (χ4n) is 15.0. The molecule has 0 radical (unpaired) electrons. The summed E-state index contributed by atoms with van der Waals surface area (Å²) in [4.78, 5) is 75.1. The first-order valence-electron chi connectivity index (χ1n) is 24.9. The van der Waals surface area contributed by atoms with Gasteiger partial charge in [-0.25, -0.2) is 4.79 Å². The number of allylic oxidation sites excluding steroid dienone is 1. The van der Waals surface area contributed by atoms with E-state index in [9.17, 15) is 33.9 Å². The molecule has 11 atom stereocenters. The summed E-state index contributed by atoms with van der Waals surface area (Å²) in [6, 6.07) is -0.871. The number of hydrogen-bond donors (Lipinski definition) is 4. The zero-order valence-corrected chi connectivity index (χ0v) is 41.1. The quantitative estimate of drug-likeness (QED) is 0.0494. The molecule has 3 amide bonds. The zero-order chi connectivity index (χ0) is 47.5. The predicted octanol–water partition coefficient (Wildman–Crippen LogP) is 9.22. The zero-order valence-electron chi connectivity index (χ0n) is 41.1. The number of hydrogen-bond acceptors (Lipinski definition) is 8. The van der Waals surface area contributed by atoms with Gasteiger partial charge in [0.1, 0.15) is 12.1 Å². The Morgan fingerprint density at radius 1 is 0.797 bits per heavy atom. The Hall–Kier alpha value is -3.44. The number of methoxy groups -OCH3 is 1. The van der Waals surface area contributed by atoms with Crippen LogP contribution in [0, 0.1) is 62.1 Å². The minimum absolute atomic E-state index is 0.00683. The van der Waals surface area contributed by atoms with Gasteiger partial charge in [0, 0.05) is 24.8 Å². The largest absolute Gasteiger partial charge is 0.481 e. The van der Waals surface area contributed by atoms with E-state index in [0.29, 0.717) is 43.1 Å². The molecule has 5 fully saturated rings. The van der Waals surface area contributed by atoms with Gasteiger partial charge in [-0.05, 0) is 150 Å². The van der Waals surface area contributed by atoms with Gasteiger partial charge in [0.15, 0.2) is 0 Å². The van der Waals surface area contributed by atoms with E-state index in [1.54, 1.807) is 13.8 Å². The van der Waals surface area contributed by atoms with E-state index >= 15 is 0 Å². The Morgan fingerprint density at radius 3 is 2.08 bits per heavy atom. The highest BCUT2D eigenvalue weighted by atomic mass is 16.5. The number of carbonyl (C=O) groups is 6. The number of nitrogens with one attached hydrogen (secondary N) is 2. The lowest BCUT2D eigenvalue weighted by molar-refractivity contribution is -0.249. The molecular weight excluding hydrogens is 811 g/mol. The highest BCUT2D eigenvalue weighted by molar-refractivity contribution is 5.85. The summed E-state index contributed by atoms with van der Waals surface area (Å²) < 4.78 is 10.9. The van der Waals surface area contributed by atoms with Gasteiger partial charge in [-0.2, -0.15) is 0 Å². The topological polar surface area (TPSA) is 191 Å². The van der Waals surface area contributed by atoms with Crippen LogP contribution in [0.5, 0.6) is 0 Å². The van der Waals surface area contributed by atoms with Crippen LogP contribution < -0.4 is 16.4 Å². The van der Waals surface area contributed by atoms with Crippen molar-refractivity contribution in [2.24, 2.45) is 67.8 Å². The first-order valence-corrected chi connectivity index (χ1v) is 24.9. The molecule has 5 aliphatic rings. The minimum Gasteiger partial charge on any atom is -0.481 e. The maximum atomic E-state index is 14.6. The van der Waals surface area contributed by atoms with Crippen LogP contribution in [-0.4, -0.2) is 66.5 Å². The van der Waals surface area contributed by atoms with Crippen molar-refractivity contribution < 1.29 is 43.3 Å². The Labute approximate surface area is 384 Å². The molecule has 12 heteroatoms. The van der Waals surface area contributed by atoms with Crippen molar-refractivity contribution in [2.75, 3.05) is 13.7 Å². The summed E-state index contributed by atoms with van der Waals surface area (Å²) in [5.74, 6) is -0.503. The van der Waals surface area contributed by atoms with Crippen LogP contribution in [0.25, 0.3) is 0 Å². The van der Waals surface area contributed by atoms with Gasteiger partial charge >= 0.3 is 17.9 Å². The average Bonchev–Trinajstić information content (AvgIpc) is 3.62. The molecule has 0 saturated heterocycles. The number of carboxylic acids is 1. The summed E-state index contributed by atoms with van der Waals surface area (Å²) >= 11 is 0. The van der Waals surface area contributed by atoms with Crippen LogP contribution in [0.2, 0.25) is 0 Å². The lowest BCUT2D eigenvalue weighted by atomic mass is 9.32. The summed E-state index contributed by atoms with van der Waals surface area (Å²) in [5.41, 5.74) is 4.96. The molecule has 5 saturated carbocycles. The summed E-state index contributed by atoms with van der Waals surface area (Å²) in [6.07, 6.45) is 17.0. The molecule has 0 aromatic heterocycles. The van der Waals surface area contributed by atoms with Crippen LogP contribution in [-0.2, 0) is 38.2 Å². The molecule has 5 N–H and O–H groups in total. The number of unbranched alkanes of at least 4 members (excludes halogenated alkanes) is 6. The standard InChI is InChI=1S/C52H85N3O9/c1-33(2)34-23-28-52(45(60)54-31-17-15-13-11-12-14-16-18-41(57)55-36(44(59)63-10)20-22-40(53)56)30-29-50(8)35(43(34)52)19-21-38-49(7)26-25-39(64-42(58)32-47(3,4)46(61)62)48(5,6)37(49)24-27-51(38,50)9/h34-39,43H,1,11-32H2,2-10H3,(H2,53,56)(H,54,60)(H,55,57)(H,61,62)/t34-,35+,36-,37-,38+,39-,43+,49-,50+,51+,52-/m0/s1. The Kier molecular flexibility index (Phi) is 16.3. The fourth-order valence-corrected chi connectivity index (χ4v) is 15.0. The third-order valence-corrected chi connectivity index (χ3v) is 18.8. The van der Waals surface area contributed by atoms with Crippen molar-refractivity contribution in [1.29, 1.82) is 0 Å². The van der Waals surface area contributed by atoms with Crippen LogP contribution in [0.15, 0.2) is 12.2 Å². The molecule has 64 heavy (non-hydrogen) atoms. The molecule has 0 aromatic carbocycles. The fraction of sp³-hybridized carbons (Fsp3) is 0.846. The van der Waals surface area contributed by atoms with E-state index in [-0.39, 0.29) is 70.2 Å². The van der Waals surface area contributed by atoms with Gasteiger partial charge in [-0.15, -0.1) is 0 Å². The second-order valence-corrected chi connectivity index (χ2v) is 23.2. The summed E-state index contributed by atoms with van der Waals surface area (Å²) in [7, 11) is 1.25. The number of fused-ring (bicyclic) bond motifs is 7. The first-order chi connectivity index (χ1) is 29.9. The van der Waals surface area contributed by atoms with Gasteiger partial charge in [-0.3, -0.25) is 24.0 Å². The van der Waals surface area contributed by atoms with Crippen LogP contribution in [0.4, 0.5) is 0 Å². The maximum absolute atomic E-state index is 14.6. The van der Waals surface area contributed by atoms with Crippen LogP contribution >= 0.6 is 0 Å². The smallest absolute Gasteiger partial charge is 0.328 e. The van der Waals surface area contributed by atoms with Gasteiger partial charge in [0.05, 0.1) is 24.4 Å². The molecular formula is C52H85N3O9. The second kappa shape index (κ2) is 20.2. The first kappa shape index (κ1) is 51.5. The highest BCUT2D eigenvalue weighted by Crippen LogP contribution is 2.77. The molecule has 5 aliphatic carbocycles. The maximum Gasteiger partial charge on any atom is 0.328 e. The number of aliphatic carboxylic acids is 1. The van der Waals surface area contributed by atoms with Crippen molar-refractivity contribution in [3.8, 4) is 0 Å². The van der Waals surface area contributed by atoms with Crippen LogP contribution in [0.3, 0.4) is 0 Å². The summed E-state index contributed by atoms with van der Waals surface area (Å²) in [6.45, 7) is 22.9. The van der Waals surface area contributed by atoms with E-state index in [0.717, 1.165) is 103 Å². The third kappa shape index (κ3) is 10.1. The number of primary amides is 1. The number of carbonyl (C=O) groups excluding carboxylic acids is 5. The molecule has 362 valence electrons.